The quantitative estimate of drug-likeness (QED) is 0.679. The smallest absolute Gasteiger partial charge is 0.260 e. The van der Waals surface area contributed by atoms with Crippen molar-refractivity contribution >= 4 is 39.1 Å². The van der Waals surface area contributed by atoms with Gasteiger partial charge in [0.2, 0.25) is 5.91 Å². The van der Waals surface area contributed by atoms with Crippen molar-refractivity contribution in [3.05, 3.63) is 53.5 Å². The number of ether oxygens (including phenoxy) is 1. The zero-order valence-electron chi connectivity index (χ0n) is 17.1. The van der Waals surface area contributed by atoms with Crippen LogP contribution in [0.25, 0.3) is 10.2 Å². The van der Waals surface area contributed by atoms with E-state index in [1.54, 1.807) is 17.4 Å². The number of piperidine rings is 1. The monoisotopic (exact) mass is 436 g/mol. The van der Waals surface area contributed by atoms with Gasteiger partial charge in [-0.15, -0.1) is 11.3 Å². The van der Waals surface area contributed by atoms with E-state index in [1.807, 2.05) is 46.2 Å². The highest BCUT2D eigenvalue weighted by atomic mass is 32.1. The topological polar surface area (TPSA) is 88.8 Å². The van der Waals surface area contributed by atoms with E-state index in [0.29, 0.717) is 12.3 Å². The molecule has 1 fully saturated rings. The molecule has 3 aromatic rings. The summed E-state index contributed by atoms with van der Waals surface area (Å²) in [6, 6.07) is 15.6. The van der Waals surface area contributed by atoms with Crippen LogP contribution >= 0.6 is 11.3 Å². The van der Waals surface area contributed by atoms with E-state index in [9.17, 15) is 9.59 Å². The maximum atomic E-state index is 13.2. The van der Waals surface area contributed by atoms with Gasteiger partial charge in [0.15, 0.2) is 6.10 Å². The van der Waals surface area contributed by atoms with Crippen LogP contribution in [0.5, 0.6) is 5.75 Å². The molecular formula is C23H24N4O3S. The number of hydrogen-bond donors (Lipinski definition) is 1. The lowest BCUT2D eigenvalue weighted by Gasteiger charge is -2.37. The number of nitrogens with zero attached hydrogens (tertiary/aromatic N) is 3. The van der Waals surface area contributed by atoms with Crippen LogP contribution in [0.4, 0.5) is 5.69 Å². The van der Waals surface area contributed by atoms with Gasteiger partial charge in [0, 0.05) is 19.0 Å². The molecule has 2 amide bonds. The number of amides is 2. The third-order valence-electron chi connectivity index (χ3n) is 5.94. The van der Waals surface area contributed by atoms with Crippen LogP contribution in [0, 0.1) is 0 Å². The number of para-hydroxylation sites is 3. The van der Waals surface area contributed by atoms with E-state index in [-0.39, 0.29) is 24.9 Å². The van der Waals surface area contributed by atoms with E-state index in [0.717, 1.165) is 35.6 Å². The Morgan fingerprint density at radius 3 is 2.77 bits per heavy atom. The molecule has 2 atom stereocenters. The average molecular weight is 437 g/mol. The predicted octanol–water partition coefficient (Wildman–Crippen LogP) is 2.76. The van der Waals surface area contributed by atoms with Crippen LogP contribution in [0.3, 0.4) is 0 Å². The maximum absolute atomic E-state index is 13.2. The Bertz CT molecular complexity index is 1100. The lowest BCUT2D eigenvalue weighted by molar-refractivity contribution is -0.131. The third kappa shape index (κ3) is 3.95. The fourth-order valence-electron chi connectivity index (χ4n) is 4.34. The number of thiazole rings is 1. The summed E-state index contributed by atoms with van der Waals surface area (Å²) < 4.78 is 6.89. The van der Waals surface area contributed by atoms with Gasteiger partial charge in [-0.2, -0.15) is 0 Å². The molecule has 0 bridgehead atoms. The van der Waals surface area contributed by atoms with Gasteiger partial charge < -0.3 is 20.3 Å². The standard InChI is InChI=1S/C23H24N4O3S/c24-22(29)19-13-27(17-8-2-3-9-18(17)30-19)14-21(28)26-11-5-6-15(12-26)23-25-16-7-1-4-10-20(16)31-23/h1-4,7-10,15,19H,5-6,11-14H2,(H2,24,29)/t15-,19-/m1/s1. The largest absolute Gasteiger partial charge is 0.477 e. The maximum Gasteiger partial charge on any atom is 0.260 e. The summed E-state index contributed by atoms with van der Waals surface area (Å²) in [6.45, 7) is 1.87. The van der Waals surface area contributed by atoms with Crippen molar-refractivity contribution < 1.29 is 14.3 Å². The summed E-state index contributed by atoms with van der Waals surface area (Å²) in [5, 5.41) is 1.10. The minimum atomic E-state index is -0.764. The first kappa shape index (κ1) is 19.8. The minimum Gasteiger partial charge on any atom is -0.477 e. The zero-order valence-corrected chi connectivity index (χ0v) is 17.9. The van der Waals surface area contributed by atoms with E-state index in [2.05, 4.69) is 6.07 Å². The number of primary amides is 1. The second-order valence-electron chi connectivity index (χ2n) is 8.06. The zero-order chi connectivity index (χ0) is 21.4. The molecule has 31 heavy (non-hydrogen) atoms. The Kier molecular flexibility index (Phi) is 5.23. The molecule has 2 aliphatic heterocycles. The van der Waals surface area contributed by atoms with Gasteiger partial charge in [0.25, 0.3) is 5.91 Å². The molecule has 7 nitrogen and oxygen atoms in total. The molecule has 2 aliphatic rings. The molecule has 2 aromatic carbocycles. The second kappa shape index (κ2) is 8.19. The average Bonchev–Trinajstić information content (AvgIpc) is 3.23. The van der Waals surface area contributed by atoms with E-state index in [1.165, 1.54) is 4.70 Å². The number of benzene rings is 2. The van der Waals surface area contributed by atoms with Crippen LogP contribution in [0.1, 0.15) is 23.8 Å². The van der Waals surface area contributed by atoms with Crippen LogP contribution in [0.2, 0.25) is 0 Å². The molecule has 0 unspecified atom stereocenters. The van der Waals surface area contributed by atoms with Crippen molar-refractivity contribution in [3.63, 3.8) is 0 Å². The molecular weight excluding hydrogens is 412 g/mol. The van der Waals surface area contributed by atoms with Crippen molar-refractivity contribution in [3.8, 4) is 5.75 Å². The molecule has 8 heteroatoms. The Morgan fingerprint density at radius 1 is 1.13 bits per heavy atom. The lowest BCUT2D eigenvalue weighted by Crippen LogP contribution is -2.51. The summed E-state index contributed by atoms with van der Waals surface area (Å²) >= 11 is 1.72. The van der Waals surface area contributed by atoms with Crippen molar-refractivity contribution in [2.24, 2.45) is 5.73 Å². The molecule has 1 saturated heterocycles. The van der Waals surface area contributed by atoms with Crippen molar-refractivity contribution in [1.29, 1.82) is 0 Å². The van der Waals surface area contributed by atoms with Gasteiger partial charge in [0.1, 0.15) is 5.75 Å². The number of anilines is 1. The van der Waals surface area contributed by atoms with E-state index in [4.69, 9.17) is 15.5 Å². The first-order valence-corrected chi connectivity index (χ1v) is 11.3. The fourth-order valence-corrected chi connectivity index (χ4v) is 5.43. The molecule has 2 N–H and O–H groups in total. The van der Waals surface area contributed by atoms with Crippen molar-refractivity contribution in [1.82, 2.24) is 9.88 Å². The number of hydrogen-bond acceptors (Lipinski definition) is 6. The number of likely N-dealkylation sites (tertiary alicyclic amines) is 1. The molecule has 3 heterocycles. The number of carbonyl (C=O) groups is 2. The summed E-state index contributed by atoms with van der Waals surface area (Å²) in [5.41, 5.74) is 7.32. The number of carbonyl (C=O) groups excluding carboxylic acids is 2. The van der Waals surface area contributed by atoms with Crippen LogP contribution in [-0.2, 0) is 9.59 Å². The molecule has 160 valence electrons. The molecule has 0 radical (unpaired) electrons. The molecule has 0 saturated carbocycles. The molecule has 0 spiro atoms. The molecule has 0 aliphatic carbocycles. The van der Waals surface area contributed by atoms with Crippen molar-refractivity contribution in [2.75, 3.05) is 31.1 Å². The first-order valence-electron chi connectivity index (χ1n) is 10.5. The Balaban J connectivity index is 1.31. The first-order chi connectivity index (χ1) is 15.1. The fraction of sp³-hybridized carbons (Fsp3) is 0.348. The summed E-state index contributed by atoms with van der Waals surface area (Å²) in [5.74, 6) is 0.355. The van der Waals surface area contributed by atoms with Crippen LogP contribution < -0.4 is 15.4 Å². The van der Waals surface area contributed by atoms with Gasteiger partial charge >= 0.3 is 0 Å². The van der Waals surface area contributed by atoms with Gasteiger partial charge in [-0.1, -0.05) is 24.3 Å². The highest BCUT2D eigenvalue weighted by molar-refractivity contribution is 7.18. The Labute approximate surface area is 184 Å². The van der Waals surface area contributed by atoms with Gasteiger partial charge in [0.05, 0.1) is 34.0 Å². The molecule has 5 rings (SSSR count). The summed E-state index contributed by atoms with van der Waals surface area (Å²) in [6.07, 6.45) is 1.23. The van der Waals surface area contributed by atoms with Gasteiger partial charge in [-0.3, -0.25) is 9.59 Å². The normalized spacial score (nSPS) is 20.9. The van der Waals surface area contributed by atoms with Crippen LogP contribution in [0.15, 0.2) is 48.5 Å². The predicted molar refractivity (Wildman–Crippen MR) is 120 cm³/mol. The second-order valence-corrected chi connectivity index (χ2v) is 9.12. The lowest BCUT2D eigenvalue weighted by atomic mass is 9.98. The SMILES string of the molecule is NC(=O)[C@H]1CN(CC(=O)N2CCC[C@@H](c3nc4ccccc4s3)C2)c2ccccc2O1. The number of fused-ring (bicyclic) bond motifs is 2. The Hall–Kier alpha value is -3.13. The van der Waals surface area contributed by atoms with Gasteiger partial charge in [-0.25, -0.2) is 4.98 Å². The van der Waals surface area contributed by atoms with Crippen LogP contribution in [-0.4, -0.2) is 54.0 Å². The summed E-state index contributed by atoms with van der Waals surface area (Å²) in [7, 11) is 0. The van der Waals surface area contributed by atoms with E-state index >= 15 is 0 Å². The summed E-state index contributed by atoms with van der Waals surface area (Å²) in [4.78, 5) is 33.6. The Morgan fingerprint density at radius 2 is 1.94 bits per heavy atom. The van der Waals surface area contributed by atoms with Crippen molar-refractivity contribution in [2.45, 2.75) is 24.9 Å². The third-order valence-corrected chi connectivity index (χ3v) is 7.14. The highest BCUT2D eigenvalue weighted by Gasteiger charge is 2.33. The number of rotatable bonds is 4. The number of aromatic nitrogens is 1. The molecule has 1 aromatic heterocycles. The van der Waals surface area contributed by atoms with Gasteiger partial charge in [-0.05, 0) is 37.1 Å². The van der Waals surface area contributed by atoms with E-state index < -0.39 is 12.0 Å². The highest BCUT2D eigenvalue weighted by Crippen LogP contribution is 2.35. The minimum absolute atomic E-state index is 0.0470. The number of nitrogens with two attached hydrogens (primary N) is 1.